The highest BCUT2D eigenvalue weighted by Crippen LogP contribution is 2.36. The first kappa shape index (κ1) is 13.8. The van der Waals surface area contributed by atoms with Crippen molar-refractivity contribution in [1.29, 1.82) is 0 Å². The van der Waals surface area contributed by atoms with Crippen LogP contribution in [0.2, 0.25) is 0 Å². The lowest BCUT2D eigenvalue weighted by molar-refractivity contribution is 0.627. The van der Waals surface area contributed by atoms with Crippen molar-refractivity contribution < 1.29 is 8.78 Å². The minimum atomic E-state index is -0.415. The highest BCUT2D eigenvalue weighted by atomic mass is 79.9. The second-order valence-corrected chi connectivity index (χ2v) is 5.41. The summed E-state index contributed by atoms with van der Waals surface area (Å²) < 4.78 is 28.1. The molecule has 0 aliphatic carbocycles. The summed E-state index contributed by atoms with van der Waals surface area (Å²) in [7, 11) is 0. The van der Waals surface area contributed by atoms with Crippen LogP contribution in [0, 0.1) is 11.6 Å². The van der Waals surface area contributed by atoms with E-state index in [1.54, 1.807) is 24.3 Å². The Morgan fingerprint density at radius 2 is 1.86 bits per heavy atom. The van der Waals surface area contributed by atoms with Gasteiger partial charge in [-0.05, 0) is 24.3 Å². The summed E-state index contributed by atoms with van der Waals surface area (Å²) in [6.07, 6.45) is 0. The molecule has 6 heteroatoms. The van der Waals surface area contributed by atoms with Gasteiger partial charge in [0, 0.05) is 15.6 Å². The Morgan fingerprint density at radius 1 is 1.10 bits per heavy atom. The van der Waals surface area contributed by atoms with Gasteiger partial charge in [0.1, 0.15) is 11.6 Å². The third-order valence-corrected chi connectivity index (χ3v) is 3.55. The van der Waals surface area contributed by atoms with Crippen molar-refractivity contribution >= 4 is 21.7 Å². The molecule has 0 saturated heterocycles. The third-order valence-electron chi connectivity index (χ3n) is 3.09. The van der Waals surface area contributed by atoms with Gasteiger partial charge in [-0.15, -0.1) is 0 Å². The Hall–Kier alpha value is -2.21. The van der Waals surface area contributed by atoms with Gasteiger partial charge in [0.2, 0.25) is 0 Å². The molecule has 3 N–H and O–H groups in total. The van der Waals surface area contributed by atoms with Gasteiger partial charge in [0.25, 0.3) is 0 Å². The second-order valence-electron chi connectivity index (χ2n) is 4.50. The number of halogens is 3. The number of hydrogen-bond acceptors (Lipinski definition) is 2. The van der Waals surface area contributed by atoms with E-state index in [4.69, 9.17) is 5.73 Å². The molecule has 0 amide bonds. The molecule has 1 aromatic heterocycles. The first-order valence-electron chi connectivity index (χ1n) is 6.11. The first-order chi connectivity index (χ1) is 10.1. The SMILES string of the molecule is Nc1n[nH]c(-c2cc(F)cc(Br)c2)c1-c1ccccc1F. The van der Waals surface area contributed by atoms with Crippen LogP contribution in [-0.2, 0) is 0 Å². The van der Waals surface area contributed by atoms with Gasteiger partial charge in [0.15, 0.2) is 5.82 Å². The summed E-state index contributed by atoms with van der Waals surface area (Å²) >= 11 is 3.23. The molecule has 0 fully saturated rings. The summed E-state index contributed by atoms with van der Waals surface area (Å²) in [5.41, 5.74) is 7.58. The predicted octanol–water partition coefficient (Wildman–Crippen LogP) is 4.37. The van der Waals surface area contributed by atoms with Crippen LogP contribution in [0.3, 0.4) is 0 Å². The van der Waals surface area contributed by atoms with Crippen LogP contribution in [0.1, 0.15) is 0 Å². The van der Waals surface area contributed by atoms with Gasteiger partial charge in [-0.1, -0.05) is 34.1 Å². The minimum absolute atomic E-state index is 0.162. The lowest BCUT2D eigenvalue weighted by Crippen LogP contribution is -1.91. The van der Waals surface area contributed by atoms with E-state index in [2.05, 4.69) is 26.1 Å². The van der Waals surface area contributed by atoms with E-state index in [0.29, 0.717) is 26.9 Å². The van der Waals surface area contributed by atoms with Crippen molar-refractivity contribution in [3.63, 3.8) is 0 Å². The lowest BCUT2D eigenvalue weighted by atomic mass is 10.0. The van der Waals surface area contributed by atoms with Gasteiger partial charge < -0.3 is 5.73 Å². The zero-order chi connectivity index (χ0) is 15.0. The van der Waals surface area contributed by atoms with Gasteiger partial charge in [-0.25, -0.2) is 8.78 Å². The van der Waals surface area contributed by atoms with Crippen molar-refractivity contribution in [3.05, 3.63) is 58.6 Å². The van der Waals surface area contributed by atoms with Crippen molar-refractivity contribution in [2.24, 2.45) is 0 Å². The van der Waals surface area contributed by atoms with Crippen LogP contribution in [0.25, 0.3) is 22.4 Å². The molecule has 0 bridgehead atoms. The van der Waals surface area contributed by atoms with Crippen molar-refractivity contribution in [2.45, 2.75) is 0 Å². The van der Waals surface area contributed by atoms with Gasteiger partial charge in [-0.2, -0.15) is 5.10 Å². The summed E-state index contributed by atoms with van der Waals surface area (Å²) in [6.45, 7) is 0. The molecule has 0 radical (unpaired) electrons. The number of benzene rings is 2. The van der Waals surface area contributed by atoms with Crippen LogP contribution in [0.5, 0.6) is 0 Å². The number of aromatic nitrogens is 2. The third kappa shape index (κ3) is 2.54. The van der Waals surface area contributed by atoms with Crippen LogP contribution < -0.4 is 5.73 Å². The summed E-state index contributed by atoms with van der Waals surface area (Å²) in [6, 6.07) is 10.6. The molecule has 0 spiro atoms. The van der Waals surface area contributed by atoms with E-state index in [0.717, 1.165) is 0 Å². The number of nitrogens with one attached hydrogen (secondary N) is 1. The molecule has 0 unspecified atom stereocenters. The summed E-state index contributed by atoms with van der Waals surface area (Å²) in [4.78, 5) is 0. The molecule has 2 aromatic carbocycles. The van der Waals surface area contributed by atoms with E-state index in [9.17, 15) is 8.78 Å². The maximum atomic E-state index is 14.0. The predicted molar refractivity (Wildman–Crippen MR) is 81.5 cm³/mol. The molecule has 3 nitrogen and oxygen atoms in total. The fourth-order valence-electron chi connectivity index (χ4n) is 2.20. The van der Waals surface area contributed by atoms with E-state index in [1.807, 2.05) is 0 Å². The number of anilines is 1. The second kappa shape index (κ2) is 5.29. The average molecular weight is 350 g/mol. The van der Waals surface area contributed by atoms with Crippen molar-refractivity contribution in [1.82, 2.24) is 10.2 Å². The molecular weight excluding hydrogens is 340 g/mol. The smallest absolute Gasteiger partial charge is 0.153 e. The highest BCUT2D eigenvalue weighted by Gasteiger charge is 2.18. The number of nitrogens with two attached hydrogens (primary N) is 1. The molecule has 3 aromatic rings. The number of aromatic amines is 1. The number of nitrogen functional groups attached to an aromatic ring is 1. The molecule has 0 aliphatic heterocycles. The zero-order valence-electron chi connectivity index (χ0n) is 10.7. The standard InChI is InChI=1S/C15H10BrF2N3/c16-9-5-8(6-10(17)7-9)14-13(15(19)21-20-14)11-3-1-2-4-12(11)18/h1-7H,(H3,19,20,21). The number of rotatable bonds is 2. The first-order valence-corrected chi connectivity index (χ1v) is 6.91. The zero-order valence-corrected chi connectivity index (χ0v) is 12.3. The molecule has 0 atom stereocenters. The molecule has 1 heterocycles. The topological polar surface area (TPSA) is 54.7 Å². The maximum Gasteiger partial charge on any atom is 0.153 e. The van der Waals surface area contributed by atoms with Gasteiger partial charge >= 0.3 is 0 Å². The van der Waals surface area contributed by atoms with Gasteiger partial charge in [0.05, 0.1) is 11.3 Å². The normalized spacial score (nSPS) is 10.8. The number of nitrogens with zero attached hydrogens (tertiary/aromatic N) is 1. The van der Waals surface area contributed by atoms with Crippen LogP contribution in [0.15, 0.2) is 46.9 Å². The number of hydrogen-bond donors (Lipinski definition) is 2. The summed E-state index contributed by atoms with van der Waals surface area (Å²) in [5, 5.41) is 6.66. The Labute approximate surface area is 127 Å². The van der Waals surface area contributed by atoms with E-state index in [-0.39, 0.29) is 5.82 Å². The molecule has 0 aliphatic rings. The van der Waals surface area contributed by atoms with E-state index < -0.39 is 11.6 Å². The Bertz CT molecular complexity index is 794. The van der Waals surface area contributed by atoms with Crippen molar-refractivity contribution in [3.8, 4) is 22.4 Å². The lowest BCUT2D eigenvalue weighted by Gasteiger charge is -2.07. The molecule has 21 heavy (non-hydrogen) atoms. The largest absolute Gasteiger partial charge is 0.382 e. The number of H-pyrrole nitrogens is 1. The molecule has 3 rings (SSSR count). The van der Waals surface area contributed by atoms with E-state index in [1.165, 1.54) is 18.2 Å². The molecule has 106 valence electrons. The Kier molecular flexibility index (Phi) is 3.47. The highest BCUT2D eigenvalue weighted by molar-refractivity contribution is 9.10. The maximum absolute atomic E-state index is 14.0. The van der Waals surface area contributed by atoms with Gasteiger partial charge in [-0.3, -0.25) is 5.10 Å². The van der Waals surface area contributed by atoms with Crippen molar-refractivity contribution in [2.75, 3.05) is 5.73 Å². The minimum Gasteiger partial charge on any atom is -0.382 e. The summed E-state index contributed by atoms with van der Waals surface area (Å²) in [5.74, 6) is -0.662. The molecule has 0 saturated carbocycles. The van der Waals surface area contributed by atoms with E-state index >= 15 is 0 Å². The quantitative estimate of drug-likeness (QED) is 0.721. The fourth-order valence-corrected chi connectivity index (χ4v) is 2.66. The van der Waals surface area contributed by atoms with Crippen LogP contribution in [-0.4, -0.2) is 10.2 Å². The monoisotopic (exact) mass is 349 g/mol. The molecular formula is C15H10BrF2N3. The Morgan fingerprint density at radius 3 is 2.57 bits per heavy atom. The Balaban J connectivity index is 2.24. The van der Waals surface area contributed by atoms with Crippen LogP contribution in [0.4, 0.5) is 14.6 Å². The average Bonchev–Trinajstić information content (AvgIpc) is 2.80. The fraction of sp³-hybridized carbons (Fsp3) is 0. The van der Waals surface area contributed by atoms with Crippen LogP contribution >= 0.6 is 15.9 Å².